The number of ether oxygens (including phenoxy) is 1. The van der Waals surface area contributed by atoms with E-state index in [4.69, 9.17) is 10.00 Å². The van der Waals surface area contributed by atoms with Crippen LogP contribution in [0.15, 0.2) is 41.4 Å². The number of aromatic nitrogens is 1. The zero-order valence-corrected chi connectivity index (χ0v) is 15.0. The van der Waals surface area contributed by atoms with Gasteiger partial charge in [0.1, 0.15) is 18.0 Å². The molecular formula is C18H18FN3O3S. The molecule has 1 aromatic carbocycles. The van der Waals surface area contributed by atoms with Gasteiger partial charge in [0.25, 0.3) is 0 Å². The van der Waals surface area contributed by atoms with E-state index in [0.29, 0.717) is 18.7 Å². The number of hydrogen-bond donors (Lipinski definition) is 0. The second-order valence-electron chi connectivity index (χ2n) is 6.10. The molecule has 0 radical (unpaired) electrons. The molecule has 136 valence electrons. The molecule has 1 fully saturated rings. The van der Waals surface area contributed by atoms with Crippen molar-refractivity contribution >= 4 is 10.0 Å². The zero-order valence-electron chi connectivity index (χ0n) is 14.2. The van der Waals surface area contributed by atoms with Crippen molar-refractivity contribution in [3.63, 3.8) is 0 Å². The molecule has 0 spiro atoms. The molecule has 0 unspecified atom stereocenters. The summed E-state index contributed by atoms with van der Waals surface area (Å²) in [7, 11) is -3.80. The lowest BCUT2D eigenvalue weighted by molar-refractivity contribution is 0.129. The van der Waals surface area contributed by atoms with E-state index in [1.54, 1.807) is 12.3 Å². The summed E-state index contributed by atoms with van der Waals surface area (Å²) in [6.45, 7) is 2.46. The maximum atomic E-state index is 13.8. The Morgan fingerprint density at radius 3 is 2.65 bits per heavy atom. The van der Waals surface area contributed by atoms with Gasteiger partial charge in [-0.3, -0.25) is 0 Å². The molecule has 6 nitrogen and oxygen atoms in total. The molecule has 3 rings (SSSR count). The van der Waals surface area contributed by atoms with Gasteiger partial charge in [-0.1, -0.05) is 6.07 Å². The topological polar surface area (TPSA) is 83.3 Å². The molecule has 8 heteroatoms. The van der Waals surface area contributed by atoms with Gasteiger partial charge >= 0.3 is 0 Å². The van der Waals surface area contributed by atoms with Gasteiger partial charge in [0.05, 0.1) is 10.5 Å². The third-order valence-corrected chi connectivity index (χ3v) is 6.23. The van der Waals surface area contributed by atoms with Crippen LogP contribution in [0.3, 0.4) is 0 Å². The highest BCUT2D eigenvalue weighted by Gasteiger charge is 2.31. The summed E-state index contributed by atoms with van der Waals surface area (Å²) in [5.74, 6) is -0.277. The Morgan fingerprint density at radius 2 is 2.04 bits per heavy atom. The van der Waals surface area contributed by atoms with Gasteiger partial charge < -0.3 is 4.74 Å². The molecule has 0 aliphatic carbocycles. The Morgan fingerprint density at radius 1 is 1.31 bits per heavy atom. The lowest BCUT2D eigenvalue weighted by Gasteiger charge is -2.31. The Labute approximate surface area is 151 Å². The molecule has 0 bridgehead atoms. The highest BCUT2D eigenvalue weighted by atomic mass is 32.2. The molecule has 1 aliphatic heterocycles. The van der Waals surface area contributed by atoms with Crippen molar-refractivity contribution in [2.75, 3.05) is 13.1 Å². The summed E-state index contributed by atoms with van der Waals surface area (Å²) in [5, 5.41) is 8.76. The van der Waals surface area contributed by atoms with Crippen molar-refractivity contribution < 1.29 is 17.5 Å². The van der Waals surface area contributed by atoms with Crippen LogP contribution in [-0.4, -0.2) is 36.9 Å². The minimum absolute atomic E-state index is 0.118. The molecule has 1 saturated heterocycles. The van der Waals surface area contributed by atoms with Crippen LogP contribution in [0.4, 0.5) is 4.39 Å². The van der Waals surface area contributed by atoms with Gasteiger partial charge in [-0.05, 0) is 44.0 Å². The van der Waals surface area contributed by atoms with Crippen LogP contribution in [0, 0.1) is 24.1 Å². The maximum Gasteiger partial charge on any atom is 0.243 e. The predicted octanol–water partition coefficient (Wildman–Crippen LogP) is 2.63. The molecule has 0 amide bonds. The monoisotopic (exact) mass is 375 g/mol. The number of benzene rings is 1. The number of nitrogens with zero attached hydrogens (tertiary/aromatic N) is 3. The van der Waals surface area contributed by atoms with Gasteiger partial charge in [-0.2, -0.15) is 9.57 Å². The van der Waals surface area contributed by atoms with E-state index in [0.717, 1.165) is 11.6 Å². The van der Waals surface area contributed by atoms with E-state index in [2.05, 4.69) is 4.98 Å². The number of pyridine rings is 1. The highest BCUT2D eigenvalue weighted by molar-refractivity contribution is 7.89. The maximum absolute atomic E-state index is 13.8. The van der Waals surface area contributed by atoms with Crippen LogP contribution in [0.5, 0.6) is 5.88 Å². The van der Waals surface area contributed by atoms with Gasteiger partial charge in [0, 0.05) is 24.8 Å². The summed E-state index contributed by atoms with van der Waals surface area (Å²) >= 11 is 0. The number of aryl methyl sites for hydroxylation is 1. The van der Waals surface area contributed by atoms with Crippen molar-refractivity contribution in [3.05, 3.63) is 53.5 Å². The van der Waals surface area contributed by atoms with Crippen LogP contribution in [0.25, 0.3) is 0 Å². The van der Waals surface area contributed by atoms with Crippen LogP contribution >= 0.6 is 0 Å². The third-order valence-electron chi connectivity index (χ3n) is 4.34. The van der Waals surface area contributed by atoms with Crippen LogP contribution in [0.2, 0.25) is 0 Å². The molecule has 26 heavy (non-hydrogen) atoms. The van der Waals surface area contributed by atoms with E-state index in [1.165, 1.54) is 16.4 Å². The van der Waals surface area contributed by atoms with E-state index in [1.807, 2.05) is 19.1 Å². The van der Waals surface area contributed by atoms with Crippen molar-refractivity contribution in [1.29, 1.82) is 5.26 Å². The van der Waals surface area contributed by atoms with Crippen LogP contribution in [0.1, 0.15) is 24.0 Å². The first kappa shape index (κ1) is 18.3. The van der Waals surface area contributed by atoms with Gasteiger partial charge in [0.2, 0.25) is 15.9 Å². The SMILES string of the molecule is Cc1cccnc1OC1CCN(S(=O)(=O)c2ccc(C#N)c(F)c2)CC1. The molecule has 0 atom stereocenters. The lowest BCUT2D eigenvalue weighted by Crippen LogP contribution is -2.41. The summed E-state index contributed by atoms with van der Waals surface area (Å²) in [6, 6.07) is 8.75. The number of nitriles is 1. The second-order valence-corrected chi connectivity index (χ2v) is 8.04. The van der Waals surface area contributed by atoms with Gasteiger partial charge in [-0.25, -0.2) is 17.8 Å². The summed E-state index contributed by atoms with van der Waals surface area (Å²) in [4.78, 5) is 4.05. The fraction of sp³-hybridized carbons (Fsp3) is 0.333. The van der Waals surface area contributed by atoms with Crippen LogP contribution in [-0.2, 0) is 10.0 Å². The molecule has 2 heterocycles. The molecule has 0 saturated carbocycles. The normalized spacial score (nSPS) is 16.2. The standard InChI is InChI=1S/C18H18FN3O3S/c1-13-3-2-8-21-18(13)25-15-6-9-22(10-7-15)26(23,24)16-5-4-14(12-20)17(19)11-16/h2-5,8,11,15H,6-7,9-10H2,1H3. The first-order chi connectivity index (χ1) is 12.4. The summed E-state index contributed by atoms with van der Waals surface area (Å²) in [6.07, 6.45) is 2.58. The average molecular weight is 375 g/mol. The Balaban J connectivity index is 1.68. The summed E-state index contributed by atoms with van der Waals surface area (Å²) in [5.41, 5.74) is 0.748. The largest absolute Gasteiger partial charge is 0.474 e. The molecule has 2 aromatic rings. The predicted molar refractivity (Wildman–Crippen MR) is 92.5 cm³/mol. The Kier molecular flexibility index (Phi) is 5.20. The third kappa shape index (κ3) is 3.69. The fourth-order valence-corrected chi connectivity index (χ4v) is 4.32. The van der Waals surface area contributed by atoms with Gasteiger partial charge in [0.15, 0.2) is 0 Å². The fourth-order valence-electron chi connectivity index (χ4n) is 2.84. The van der Waals surface area contributed by atoms with E-state index >= 15 is 0 Å². The lowest BCUT2D eigenvalue weighted by atomic mass is 10.1. The van der Waals surface area contributed by atoms with E-state index in [9.17, 15) is 12.8 Å². The molecule has 1 aromatic heterocycles. The summed E-state index contributed by atoms with van der Waals surface area (Å²) < 4.78 is 46.3. The van der Waals surface area contributed by atoms with Gasteiger partial charge in [-0.15, -0.1) is 0 Å². The highest BCUT2D eigenvalue weighted by Crippen LogP contribution is 2.25. The van der Waals surface area contributed by atoms with Crippen molar-refractivity contribution in [3.8, 4) is 11.9 Å². The van der Waals surface area contributed by atoms with Crippen molar-refractivity contribution in [2.45, 2.75) is 30.8 Å². The minimum Gasteiger partial charge on any atom is -0.474 e. The number of hydrogen-bond acceptors (Lipinski definition) is 5. The van der Waals surface area contributed by atoms with Crippen LogP contribution < -0.4 is 4.74 Å². The number of sulfonamides is 1. The number of halogens is 1. The smallest absolute Gasteiger partial charge is 0.243 e. The molecular weight excluding hydrogens is 357 g/mol. The van der Waals surface area contributed by atoms with Crippen molar-refractivity contribution in [1.82, 2.24) is 9.29 Å². The first-order valence-corrected chi connectivity index (χ1v) is 9.64. The van der Waals surface area contributed by atoms with Crippen molar-refractivity contribution in [2.24, 2.45) is 0 Å². The minimum atomic E-state index is -3.80. The first-order valence-electron chi connectivity index (χ1n) is 8.20. The number of piperidine rings is 1. The number of rotatable bonds is 4. The second kappa shape index (κ2) is 7.40. The molecule has 1 aliphatic rings. The quantitative estimate of drug-likeness (QED) is 0.820. The zero-order chi connectivity index (χ0) is 18.7. The average Bonchev–Trinajstić information content (AvgIpc) is 2.64. The molecule has 0 N–H and O–H groups in total. The van der Waals surface area contributed by atoms with E-state index in [-0.39, 0.29) is 29.7 Å². The Hall–Kier alpha value is -2.50. The van der Waals surface area contributed by atoms with E-state index < -0.39 is 15.8 Å². The Bertz CT molecular complexity index is 948.